The molecule has 1 aliphatic heterocycles. The minimum absolute atomic E-state index is 0.104. The Bertz CT molecular complexity index is 1030. The van der Waals surface area contributed by atoms with Gasteiger partial charge in [0.25, 0.3) is 0 Å². The smallest absolute Gasteiger partial charge is 0.200 e. The molecule has 7 heteroatoms. The molecule has 1 atom stereocenters. The zero-order chi connectivity index (χ0) is 18.2. The van der Waals surface area contributed by atoms with E-state index < -0.39 is 11.2 Å². The summed E-state index contributed by atoms with van der Waals surface area (Å²) in [5, 5.41) is 0.888. The number of nitrogens with zero attached hydrogens (tertiary/aromatic N) is 2. The molecule has 1 spiro atoms. The van der Waals surface area contributed by atoms with Gasteiger partial charge >= 0.3 is 0 Å². The fourth-order valence-corrected chi connectivity index (χ4v) is 5.98. The highest BCUT2D eigenvalue weighted by Crippen LogP contribution is 2.58. The molecule has 3 fully saturated rings. The van der Waals surface area contributed by atoms with Crippen LogP contribution in [0.25, 0.3) is 10.9 Å². The topological polar surface area (TPSA) is 42.3 Å². The summed E-state index contributed by atoms with van der Waals surface area (Å²) in [7, 11) is 0.807. The van der Waals surface area contributed by atoms with Gasteiger partial charge in [0.15, 0.2) is 11.2 Å². The molecule has 2 aromatic rings. The normalized spacial score (nSPS) is 21.9. The molecular formula is C19H19ClFN2O2P. The summed E-state index contributed by atoms with van der Waals surface area (Å²) >= 11 is 6.70. The maximum atomic E-state index is 15.0. The van der Waals surface area contributed by atoms with Crippen molar-refractivity contribution in [3.8, 4) is 0 Å². The van der Waals surface area contributed by atoms with Gasteiger partial charge < -0.3 is 9.47 Å². The highest BCUT2D eigenvalue weighted by atomic mass is 35.5. The van der Waals surface area contributed by atoms with Gasteiger partial charge in [-0.25, -0.2) is 4.39 Å². The number of rotatable bonds is 3. The first-order chi connectivity index (χ1) is 12.4. The number of fused-ring (bicyclic) bond motifs is 1. The highest BCUT2D eigenvalue weighted by Gasteiger charge is 2.48. The van der Waals surface area contributed by atoms with Gasteiger partial charge in [0.05, 0.1) is 27.2 Å². The minimum atomic E-state index is -0.467. The van der Waals surface area contributed by atoms with E-state index in [2.05, 4.69) is 0 Å². The molecule has 1 aromatic heterocycles. The molecule has 5 rings (SSSR count). The molecule has 1 saturated heterocycles. The lowest BCUT2D eigenvalue weighted by Gasteiger charge is -2.23. The lowest BCUT2D eigenvalue weighted by Crippen LogP contribution is -2.24. The second-order valence-corrected chi connectivity index (χ2v) is 9.91. The monoisotopic (exact) mass is 392 g/mol. The van der Waals surface area contributed by atoms with Crippen LogP contribution in [0, 0.1) is 5.82 Å². The maximum absolute atomic E-state index is 15.0. The zero-order valence-corrected chi connectivity index (χ0v) is 16.2. The van der Waals surface area contributed by atoms with Gasteiger partial charge in [0.1, 0.15) is 5.82 Å². The van der Waals surface area contributed by atoms with E-state index >= 15 is 4.39 Å². The van der Waals surface area contributed by atoms with Crippen LogP contribution in [0.1, 0.15) is 49.0 Å². The molecule has 1 unspecified atom stereocenters. The number of aromatic nitrogens is 1. The minimum Gasteiger partial charge on any atom is -0.363 e. The summed E-state index contributed by atoms with van der Waals surface area (Å²) in [6.45, 7) is 2.21. The van der Waals surface area contributed by atoms with E-state index in [0.717, 1.165) is 34.3 Å². The number of carbonyl (C=O) groups excluding carboxylic acids is 1. The van der Waals surface area contributed by atoms with Crippen LogP contribution in [0.2, 0.25) is 5.02 Å². The third-order valence-corrected chi connectivity index (χ3v) is 8.12. The fraction of sp³-hybridized carbons (Fsp3) is 0.474. The number of Topliss-reactive ketones (excluding diaryl/α,β-unsaturated/α-hetero) is 1. The summed E-state index contributed by atoms with van der Waals surface area (Å²) < 4.78 is 16.9. The highest BCUT2D eigenvalue weighted by molar-refractivity contribution is 7.41. The average molecular weight is 393 g/mol. The van der Waals surface area contributed by atoms with Crippen molar-refractivity contribution >= 4 is 42.6 Å². The van der Waals surface area contributed by atoms with Crippen molar-refractivity contribution in [2.24, 2.45) is 0 Å². The first kappa shape index (κ1) is 16.7. The van der Waals surface area contributed by atoms with Gasteiger partial charge in [-0.2, -0.15) is 0 Å². The van der Waals surface area contributed by atoms with E-state index in [1.807, 2.05) is 9.47 Å². The lowest BCUT2D eigenvalue weighted by atomic mass is 10.1. The Labute approximate surface area is 157 Å². The van der Waals surface area contributed by atoms with Crippen LogP contribution in [-0.2, 0) is 0 Å². The Morgan fingerprint density at radius 3 is 2.69 bits per heavy atom. The Balaban J connectivity index is 1.76. The van der Waals surface area contributed by atoms with Gasteiger partial charge in [0, 0.05) is 30.2 Å². The van der Waals surface area contributed by atoms with E-state index in [-0.39, 0.29) is 22.8 Å². The molecule has 1 aromatic carbocycles. The largest absolute Gasteiger partial charge is 0.363 e. The van der Waals surface area contributed by atoms with Crippen molar-refractivity contribution in [2.75, 3.05) is 17.7 Å². The van der Waals surface area contributed by atoms with Crippen molar-refractivity contribution in [1.29, 1.82) is 0 Å². The van der Waals surface area contributed by atoms with E-state index in [9.17, 15) is 9.59 Å². The molecule has 2 heterocycles. The van der Waals surface area contributed by atoms with Gasteiger partial charge in [-0.3, -0.25) is 9.59 Å². The zero-order valence-electron chi connectivity index (χ0n) is 14.4. The third-order valence-electron chi connectivity index (χ3n) is 5.81. The Morgan fingerprint density at radius 2 is 2.12 bits per heavy atom. The molecule has 4 nitrogen and oxygen atoms in total. The second kappa shape index (κ2) is 5.53. The number of hydrogen-bond donors (Lipinski definition) is 0. The first-order valence-corrected chi connectivity index (χ1v) is 10.6. The van der Waals surface area contributed by atoms with Crippen LogP contribution >= 0.6 is 20.2 Å². The third kappa shape index (κ3) is 2.44. The number of pyridine rings is 1. The number of benzene rings is 1. The van der Waals surface area contributed by atoms with E-state index in [1.54, 1.807) is 6.20 Å². The van der Waals surface area contributed by atoms with Crippen molar-refractivity contribution in [3.63, 3.8) is 0 Å². The first-order valence-electron chi connectivity index (χ1n) is 8.98. The second-order valence-electron chi connectivity index (χ2n) is 7.80. The van der Waals surface area contributed by atoms with Crippen molar-refractivity contribution in [2.45, 2.75) is 43.8 Å². The summed E-state index contributed by atoms with van der Waals surface area (Å²) in [6, 6.07) is 1.51. The molecule has 0 bridgehead atoms. The van der Waals surface area contributed by atoms with E-state index in [1.165, 1.54) is 25.8 Å². The molecule has 0 radical (unpaired) electrons. The molecular weight excluding hydrogens is 374 g/mol. The number of ketones is 1. The SMILES string of the molecule is CC(=O)c1cn(C2CC2)c2c(Cl)c(N3CPC4(CC4)C3)c(F)cc2c1=O. The van der Waals surface area contributed by atoms with Gasteiger partial charge in [-0.05, 0) is 38.7 Å². The predicted octanol–water partition coefficient (Wildman–Crippen LogP) is 4.32. The van der Waals surface area contributed by atoms with Crippen molar-refractivity contribution < 1.29 is 9.18 Å². The van der Waals surface area contributed by atoms with Crippen LogP contribution in [0.4, 0.5) is 10.1 Å². The van der Waals surface area contributed by atoms with E-state index in [0.29, 0.717) is 21.4 Å². The average Bonchev–Trinajstić information content (AvgIpc) is 3.48. The Hall–Kier alpha value is -1.45. The summed E-state index contributed by atoms with van der Waals surface area (Å²) in [5.74, 6) is -0.770. The predicted molar refractivity (Wildman–Crippen MR) is 104 cm³/mol. The number of carbonyl (C=O) groups is 1. The van der Waals surface area contributed by atoms with Crippen molar-refractivity contribution in [1.82, 2.24) is 4.57 Å². The van der Waals surface area contributed by atoms with E-state index in [4.69, 9.17) is 11.6 Å². The molecule has 2 aliphatic carbocycles. The van der Waals surface area contributed by atoms with Crippen molar-refractivity contribution in [3.05, 3.63) is 38.9 Å². The van der Waals surface area contributed by atoms with Crippen LogP contribution < -0.4 is 10.3 Å². The van der Waals surface area contributed by atoms with Gasteiger partial charge in [-0.15, -0.1) is 0 Å². The molecule has 136 valence electrons. The van der Waals surface area contributed by atoms with Crippen LogP contribution in [0.5, 0.6) is 0 Å². The summed E-state index contributed by atoms with van der Waals surface area (Å²) in [5.41, 5.74) is 0.659. The molecule has 2 saturated carbocycles. The Morgan fingerprint density at radius 1 is 1.38 bits per heavy atom. The van der Waals surface area contributed by atoms with Crippen LogP contribution in [-0.4, -0.2) is 28.3 Å². The molecule has 3 aliphatic rings. The van der Waals surface area contributed by atoms with Gasteiger partial charge in [0.2, 0.25) is 0 Å². The fourth-order valence-electron chi connectivity index (χ4n) is 4.00. The number of hydrogen-bond acceptors (Lipinski definition) is 3. The molecule has 0 N–H and O–H groups in total. The summed E-state index contributed by atoms with van der Waals surface area (Å²) in [6.07, 6.45) is 6.82. The maximum Gasteiger partial charge on any atom is 0.200 e. The molecule has 26 heavy (non-hydrogen) atoms. The van der Waals surface area contributed by atoms with Gasteiger partial charge in [-0.1, -0.05) is 20.2 Å². The quantitative estimate of drug-likeness (QED) is 0.577. The summed E-state index contributed by atoms with van der Waals surface area (Å²) in [4.78, 5) is 26.7. The molecule has 0 amide bonds. The lowest BCUT2D eigenvalue weighted by molar-refractivity contribution is 0.101. The standard InChI is InChI=1S/C19H19ClFN2O2P/c1-10(24)13-7-23(11-2-3-11)16-12(18(13)25)6-14(21)17(15(16)20)22-8-19(4-5-19)26-9-22/h6-7,11,26H,2-5,8-9H2,1H3. The Kier molecular flexibility index (Phi) is 3.55. The number of halogens is 2. The van der Waals surface area contributed by atoms with Crippen LogP contribution in [0.15, 0.2) is 17.1 Å². The van der Waals surface area contributed by atoms with Crippen LogP contribution in [0.3, 0.4) is 0 Å². The number of anilines is 1.